The fraction of sp³-hybridized carbons (Fsp3) is 0.182. The summed E-state index contributed by atoms with van der Waals surface area (Å²) in [5.74, 6) is 0.735. The summed E-state index contributed by atoms with van der Waals surface area (Å²) in [5.41, 5.74) is 1.92. The molecule has 3 heteroatoms. The van der Waals surface area contributed by atoms with Crippen LogP contribution in [0.3, 0.4) is 0 Å². The Morgan fingerprint density at radius 1 is 1.50 bits per heavy atom. The van der Waals surface area contributed by atoms with Gasteiger partial charge in [0.25, 0.3) is 0 Å². The van der Waals surface area contributed by atoms with Crippen molar-refractivity contribution in [2.24, 2.45) is 0 Å². The average Bonchev–Trinajstić information content (AvgIpc) is 2.15. The molecule has 0 heterocycles. The normalized spacial score (nSPS) is 10.5. The number of allylic oxidation sites excluding steroid dienone is 1. The van der Waals surface area contributed by atoms with Crippen LogP contribution in [0.25, 0.3) is 6.08 Å². The van der Waals surface area contributed by atoms with E-state index in [1.54, 1.807) is 13.2 Å². The third-order valence-electron chi connectivity index (χ3n) is 1.89. The van der Waals surface area contributed by atoms with E-state index in [0.717, 1.165) is 16.9 Å². The molecule has 0 radical (unpaired) electrons. The number of benzene rings is 1. The summed E-state index contributed by atoms with van der Waals surface area (Å²) in [6, 6.07) is 5.68. The first-order valence-electron chi connectivity index (χ1n) is 4.16. The standard InChI is InChI=1S/C11H11ClO2/c1-8-4-3-5-10(14-2)9(8)6-7-11(12)13/h3-7H,1-2H3/b7-6+. The lowest BCUT2D eigenvalue weighted by molar-refractivity contribution is -0.107. The molecule has 1 aromatic rings. The molecule has 0 spiro atoms. The molecule has 14 heavy (non-hydrogen) atoms. The predicted octanol–water partition coefficient (Wildman–Crippen LogP) is 2.78. The highest BCUT2D eigenvalue weighted by atomic mass is 35.5. The Bertz CT molecular complexity index is 370. The largest absolute Gasteiger partial charge is 0.496 e. The number of carbonyl (C=O) groups is 1. The first-order valence-corrected chi connectivity index (χ1v) is 4.54. The monoisotopic (exact) mass is 210 g/mol. The second-order valence-electron chi connectivity index (χ2n) is 2.83. The van der Waals surface area contributed by atoms with Crippen LogP contribution in [0.5, 0.6) is 5.75 Å². The lowest BCUT2D eigenvalue weighted by Crippen LogP contribution is -1.89. The van der Waals surface area contributed by atoms with Gasteiger partial charge in [0.15, 0.2) is 0 Å². The number of halogens is 1. The Kier molecular flexibility index (Phi) is 3.72. The molecule has 2 nitrogen and oxygen atoms in total. The van der Waals surface area contributed by atoms with Crippen molar-refractivity contribution in [1.82, 2.24) is 0 Å². The van der Waals surface area contributed by atoms with Crippen LogP contribution in [0, 0.1) is 6.92 Å². The minimum Gasteiger partial charge on any atom is -0.496 e. The van der Waals surface area contributed by atoms with Gasteiger partial charge < -0.3 is 4.74 Å². The second-order valence-corrected chi connectivity index (χ2v) is 3.20. The van der Waals surface area contributed by atoms with E-state index in [9.17, 15) is 4.79 Å². The zero-order chi connectivity index (χ0) is 10.6. The smallest absolute Gasteiger partial charge is 0.245 e. The van der Waals surface area contributed by atoms with Gasteiger partial charge in [0.05, 0.1) is 7.11 Å². The number of hydrogen-bond acceptors (Lipinski definition) is 2. The Morgan fingerprint density at radius 2 is 2.21 bits per heavy atom. The molecule has 0 unspecified atom stereocenters. The van der Waals surface area contributed by atoms with Crippen LogP contribution in [-0.2, 0) is 4.79 Å². The number of carbonyl (C=O) groups excluding carboxylic acids is 1. The molecular weight excluding hydrogens is 200 g/mol. The summed E-state index contributed by atoms with van der Waals surface area (Å²) in [6.45, 7) is 1.95. The van der Waals surface area contributed by atoms with Crippen molar-refractivity contribution in [1.29, 1.82) is 0 Å². The highest BCUT2D eigenvalue weighted by Gasteiger charge is 2.01. The molecule has 1 aromatic carbocycles. The van der Waals surface area contributed by atoms with Gasteiger partial charge in [-0.3, -0.25) is 4.79 Å². The quantitative estimate of drug-likeness (QED) is 0.567. The van der Waals surface area contributed by atoms with Crippen molar-refractivity contribution in [3.8, 4) is 5.75 Å². The number of aryl methyl sites for hydroxylation is 1. The van der Waals surface area contributed by atoms with Crippen molar-refractivity contribution < 1.29 is 9.53 Å². The summed E-state index contributed by atoms with van der Waals surface area (Å²) in [7, 11) is 1.59. The number of ether oxygens (including phenoxy) is 1. The third-order valence-corrected chi connectivity index (χ3v) is 2.01. The average molecular weight is 211 g/mol. The van der Waals surface area contributed by atoms with E-state index in [1.807, 2.05) is 25.1 Å². The van der Waals surface area contributed by atoms with E-state index in [1.165, 1.54) is 6.08 Å². The van der Waals surface area contributed by atoms with Crippen molar-refractivity contribution in [3.05, 3.63) is 35.4 Å². The Morgan fingerprint density at radius 3 is 2.79 bits per heavy atom. The van der Waals surface area contributed by atoms with E-state index >= 15 is 0 Å². The van der Waals surface area contributed by atoms with Crippen LogP contribution >= 0.6 is 11.6 Å². The maximum Gasteiger partial charge on any atom is 0.245 e. The van der Waals surface area contributed by atoms with Crippen LogP contribution < -0.4 is 4.74 Å². The molecule has 74 valence electrons. The Balaban J connectivity index is 3.11. The van der Waals surface area contributed by atoms with E-state index < -0.39 is 5.24 Å². The first kappa shape index (κ1) is 10.8. The van der Waals surface area contributed by atoms with Gasteiger partial charge in [-0.05, 0) is 42.3 Å². The van der Waals surface area contributed by atoms with Crippen LogP contribution in [0.15, 0.2) is 24.3 Å². The second kappa shape index (κ2) is 4.82. The molecule has 0 saturated carbocycles. The number of hydrogen-bond donors (Lipinski definition) is 0. The molecule has 0 aromatic heterocycles. The lowest BCUT2D eigenvalue weighted by Gasteiger charge is -2.06. The topological polar surface area (TPSA) is 26.3 Å². The molecule has 0 aliphatic rings. The maximum absolute atomic E-state index is 10.6. The minimum atomic E-state index is -0.490. The predicted molar refractivity (Wildman–Crippen MR) is 57.6 cm³/mol. The molecular formula is C11H11ClO2. The van der Waals surface area contributed by atoms with Gasteiger partial charge >= 0.3 is 0 Å². The van der Waals surface area contributed by atoms with Gasteiger partial charge in [0.1, 0.15) is 5.75 Å². The van der Waals surface area contributed by atoms with Gasteiger partial charge in [-0.25, -0.2) is 0 Å². The van der Waals surface area contributed by atoms with Crippen molar-refractivity contribution in [2.45, 2.75) is 6.92 Å². The summed E-state index contributed by atoms with van der Waals surface area (Å²) >= 11 is 5.21. The summed E-state index contributed by atoms with van der Waals surface area (Å²) in [4.78, 5) is 10.6. The van der Waals surface area contributed by atoms with E-state index in [-0.39, 0.29) is 0 Å². The lowest BCUT2D eigenvalue weighted by atomic mass is 10.1. The number of rotatable bonds is 3. The van der Waals surface area contributed by atoms with Crippen molar-refractivity contribution in [2.75, 3.05) is 7.11 Å². The van der Waals surface area contributed by atoms with Crippen LogP contribution in [0.1, 0.15) is 11.1 Å². The zero-order valence-electron chi connectivity index (χ0n) is 8.08. The van der Waals surface area contributed by atoms with Gasteiger partial charge in [0.2, 0.25) is 5.24 Å². The SMILES string of the molecule is COc1cccc(C)c1/C=C/C(=O)Cl. The van der Waals surface area contributed by atoms with E-state index in [2.05, 4.69) is 0 Å². The molecule has 0 aliphatic heterocycles. The molecule has 0 saturated heterocycles. The summed E-state index contributed by atoms with van der Waals surface area (Å²) in [6.07, 6.45) is 2.97. The van der Waals surface area contributed by atoms with Gasteiger partial charge in [0, 0.05) is 5.56 Å². The fourth-order valence-corrected chi connectivity index (χ4v) is 1.26. The van der Waals surface area contributed by atoms with E-state index in [4.69, 9.17) is 16.3 Å². The Labute approximate surface area is 88.1 Å². The molecule has 0 aliphatic carbocycles. The van der Waals surface area contributed by atoms with Gasteiger partial charge in [-0.1, -0.05) is 12.1 Å². The molecule has 0 atom stereocenters. The minimum absolute atomic E-state index is 0.490. The summed E-state index contributed by atoms with van der Waals surface area (Å²) < 4.78 is 5.15. The maximum atomic E-state index is 10.6. The van der Waals surface area contributed by atoms with Gasteiger partial charge in [-0.15, -0.1) is 0 Å². The molecule has 0 N–H and O–H groups in total. The Hall–Kier alpha value is -1.28. The molecule has 0 bridgehead atoms. The highest BCUT2D eigenvalue weighted by molar-refractivity contribution is 6.66. The van der Waals surface area contributed by atoms with E-state index in [0.29, 0.717) is 0 Å². The van der Waals surface area contributed by atoms with Crippen molar-refractivity contribution >= 4 is 22.9 Å². The fourth-order valence-electron chi connectivity index (χ4n) is 1.19. The van der Waals surface area contributed by atoms with Crippen LogP contribution in [-0.4, -0.2) is 12.4 Å². The molecule has 0 fully saturated rings. The molecule has 1 rings (SSSR count). The van der Waals surface area contributed by atoms with Crippen molar-refractivity contribution in [3.63, 3.8) is 0 Å². The van der Waals surface area contributed by atoms with Crippen LogP contribution in [0.2, 0.25) is 0 Å². The first-order chi connectivity index (χ1) is 6.65. The summed E-state index contributed by atoms with van der Waals surface area (Å²) in [5, 5.41) is -0.490. The van der Waals surface area contributed by atoms with Crippen LogP contribution in [0.4, 0.5) is 0 Å². The third kappa shape index (κ3) is 2.60. The van der Waals surface area contributed by atoms with Gasteiger partial charge in [-0.2, -0.15) is 0 Å². The molecule has 0 amide bonds. The number of methoxy groups -OCH3 is 1. The zero-order valence-corrected chi connectivity index (χ0v) is 8.84. The highest BCUT2D eigenvalue weighted by Crippen LogP contribution is 2.22.